The minimum atomic E-state index is -0.433. The summed E-state index contributed by atoms with van der Waals surface area (Å²) < 4.78 is 13.0. The van der Waals surface area contributed by atoms with Gasteiger partial charge >= 0.3 is 0 Å². The minimum absolute atomic E-state index is 0.433. The lowest BCUT2D eigenvalue weighted by Gasteiger charge is -2.06. The fourth-order valence-corrected chi connectivity index (χ4v) is 1.27. The van der Waals surface area contributed by atoms with Crippen molar-refractivity contribution in [3.63, 3.8) is 0 Å². The molecular weight excluding hydrogens is 242 g/mol. The highest BCUT2D eigenvalue weighted by atomic mass is 79.9. The van der Waals surface area contributed by atoms with Crippen LogP contribution >= 0.6 is 27.5 Å². The van der Waals surface area contributed by atoms with Crippen molar-refractivity contribution >= 4 is 27.5 Å². The van der Waals surface area contributed by atoms with Crippen LogP contribution in [0.4, 0.5) is 4.39 Å². The number of benzene rings is 1. The number of hydrogen-bond donors (Lipinski definition) is 0. The molecule has 0 fully saturated rings. The maximum absolute atomic E-state index is 12.2. The Labute approximate surface area is 84.9 Å². The summed E-state index contributed by atoms with van der Waals surface area (Å²) in [6, 6.07) is 5.41. The molecule has 0 spiro atoms. The molecule has 1 rings (SSSR count). The average molecular weight is 251 g/mol. The smallest absolute Gasteiger partial charge is 0.0997 e. The third-order valence-electron chi connectivity index (χ3n) is 1.61. The third-order valence-corrected chi connectivity index (χ3v) is 2.85. The van der Waals surface area contributed by atoms with Gasteiger partial charge in [0.2, 0.25) is 0 Å². The third kappa shape index (κ3) is 2.20. The van der Waals surface area contributed by atoms with Gasteiger partial charge in [-0.05, 0) is 33.6 Å². The van der Waals surface area contributed by atoms with E-state index in [9.17, 15) is 4.39 Å². The van der Waals surface area contributed by atoms with Crippen molar-refractivity contribution < 1.29 is 4.39 Å². The molecule has 0 unspecified atom stereocenters. The number of halogens is 3. The van der Waals surface area contributed by atoms with Gasteiger partial charge in [-0.3, -0.25) is 4.39 Å². The molecule has 0 bridgehead atoms. The zero-order valence-corrected chi connectivity index (χ0v) is 8.91. The summed E-state index contributed by atoms with van der Waals surface area (Å²) in [7, 11) is 0. The van der Waals surface area contributed by atoms with Crippen molar-refractivity contribution in [1.82, 2.24) is 0 Å². The zero-order chi connectivity index (χ0) is 9.14. The second kappa shape index (κ2) is 4.24. The molecule has 65 valence electrons. The van der Waals surface area contributed by atoms with Crippen molar-refractivity contribution in [3.8, 4) is 0 Å². The summed E-state index contributed by atoms with van der Waals surface area (Å²) in [4.78, 5) is 0. The number of rotatable bonds is 2. The predicted octanol–water partition coefficient (Wildman–Crippen LogP) is 4.01. The Morgan fingerprint density at radius 1 is 1.58 bits per heavy atom. The molecule has 0 atom stereocenters. The Bertz CT molecular complexity index is 275. The standard InChI is InChI=1S/C9H8BrClF/c1-6(5-12)7-2-3-8(10)9(11)4-7/h2-4H,5H2,1H3. The monoisotopic (exact) mass is 249 g/mol. The number of alkyl halides is 1. The minimum Gasteiger partial charge on any atom is -0.250 e. The SMILES string of the molecule is C[C](CF)c1ccc(Br)c(Cl)c1. The van der Waals surface area contributed by atoms with Gasteiger partial charge in [-0.25, -0.2) is 0 Å². The first-order chi connectivity index (χ1) is 5.65. The molecule has 3 heteroatoms. The molecule has 0 heterocycles. The van der Waals surface area contributed by atoms with Crippen LogP contribution in [0.1, 0.15) is 12.5 Å². The molecule has 0 aromatic heterocycles. The van der Waals surface area contributed by atoms with Gasteiger partial charge in [-0.15, -0.1) is 0 Å². The quantitative estimate of drug-likeness (QED) is 0.744. The fraction of sp³-hybridized carbons (Fsp3) is 0.222. The summed E-state index contributed by atoms with van der Waals surface area (Å²) in [6.07, 6.45) is 0. The molecule has 12 heavy (non-hydrogen) atoms. The predicted molar refractivity (Wildman–Crippen MR) is 53.1 cm³/mol. The number of hydrogen-bond acceptors (Lipinski definition) is 0. The summed E-state index contributed by atoms with van der Waals surface area (Å²) in [6.45, 7) is 1.32. The Kier molecular flexibility index (Phi) is 3.53. The second-order valence-electron chi connectivity index (χ2n) is 2.54. The lowest BCUT2D eigenvalue weighted by molar-refractivity contribution is 0.516. The molecule has 0 saturated carbocycles. The van der Waals surface area contributed by atoms with E-state index in [0.29, 0.717) is 10.9 Å². The topological polar surface area (TPSA) is 0 Å². The second-order valence-corrected chi connectivity index (χ2v) is 3.80. The molecule has 0 aliphatic heterocycles. The van der Waals surface area contributed by atoms with Crippen LogP contribution in [0.25, 0.3) is 0 Å². The Morgan fingerprint density at radius 2 is 2.25 bits per heavy atom. The fourth-order valence-electron chi connectivity index (χ4n) is 0.839. The van der Waals surface area contributed by atoms with E-state index in [1.165, 1.54) is 0 Å². The molecule has 0 saturated heterocycles. The molecule has 1 aromatic rings. The van der Waals surface area contributed by atoms with Gasteiger partial charge in [0.05, 0.1) is 11.7 Å². The highest BCUT2D eigenvalue weighted by molar-refractivity contribution is 9.10. The van der Waals surface area contributed by atoms with Crippen molar-refractivity contribution in [2.24, 2.45) is 0 Å². The van der Waals surface area contributed by atoms with Gasteiger partial charge in [0.25, 0.3) is 0 Å². The highest BCUT2D eigenvalue weighted by Gasteiger charge is 2.06. The van der Waals surface area contributed by atoms with E-state index in [1.54, 1.807) is 13.0 Å². The normalized spacial score (nSPS) is 10.8. The first-order valence-corrected chi connectivity index (χ1v) is 4.66. The van der Waals surface area contributed by atoms with Crippen LogP contribution in [0.3, 0.4) is 0 Å². The van der Waals surface area contributed by atoms with Gasteiger partial charge in [0.15, 0.2) is 0 Å². The summed E-state index contributed by atoms with van der Waals surface area (Å²) in [5.41, 5.74) is 0.853. The Hall–Kier alpha value is -0.0800. The van der Waals surface area contributed by atoms with E-state index in [0.717, 1.165) is 10.0 Å². The van der Waals surface area contributed by atoms with Crippen molar-refractivity contribution in [2.75, 3.05) is 6.67 Å². The summed E-state index contributed by atoms with van der Waals surface area (Å²) >= 11 is 9.10. The van der Waals surface area contributed by atoms with Crippen molar-refractivity contribution in [3.05, 3.63) is 39.2 Å². The molecule has 0 nitrogen and oxygen atoms in total. The van der Waals surface area contributed by atoms with Crippen molar-refractivity contribution in [1.29, 1.82) is 0 Å². The first kappa shape index (κ1) is 10.0. The lowest BCUT2D eigenvalue weighted by atomic mass is 10.0. The molecule has 0 amide bonds. The molecule has 0 N–H and O–H groups in total. The maximum Gasteiger partial charge on any atom is 0.0997 e. The van der Waals surface area contributed by atoms with E-state index in [2.05, 4.69) is 15.9 Å². The zero-order valence-electron chi connectivity index (χ0n) is 6.57. The van der Waals surface area contributed by atoms with Crippen LogP contribution in [0.5, 0.6) is 0 Å². The molecule has 1 aromatic carbocycles. The van der Waals surface area contributed by atoms with E-state index in [1.807, 2.05) is 12.1 Å². The average Bonchev–Trinajstić information content (AvgIpc) is 2.08. The van der Waals surface area contributed by atoms with Gasteiger partial charge < -0.3 is 0 Å². The van der Waals surface area contributed by atoms with Gasteiger partial charge in [-0.2, -0.15) is 0 Å². The molecular formula is C9H8BrClF. The first-order valence-electron chi connectivity index (χ1n) is 3.49. The molecule has 0 aliphatic rings. The summed E-state index contributed by atoms with van der Waals surface area (Å²) in [5.74, 6) is 0.699. The van der Waals surface area contributed by atoms with Crippen LogP contribution in [0.2, 0.25) is 5.02 Å². The van der Waals surface area contributed by atoms with Gasteiger partial charge in [0, 0.05) is 10.4 Å². The van der Waals surface area contributed by atoms with Crippen LogP contribution in [0.15, 0.2) is 22.7 Å². The Morgan fingerprint density at radius 3 is 2.75 bits per heavy atom. The molecule has 1 radical (unpaired) electrons. The van der Waals surface area contributed by atoms with Crippen LogP contribution < -0.4 is 0 Å². The van der Waals surface area contributed by atoms with E-state index in [-0.39, 0.29) is 0 Å². The highest BCUT2D eigenvalue weighted by Crippen LogP contribution is 2.26. The Balaban J connectivity index is 2.96. The van der Waals surface area contributed by atoms with E-state index in [4.69, 9.17) is 11.6 Å². The van der Waals surface area contributed by atoms with Gasteiger partial charge in [-0.1, -0.05) is 24.6 Å². The van der Waals surface area contributed by atoms with Crippen molar-refractivity contribution in [2.45, 2.75) is 6.92 Å². The largest absolute Gasteiger partial charge is 0.250 e. The lowest BCUT2D eigenvalue weighted by Crippen LogP contribution is -1.95. The van der Waals surface area contributed by atoms with E-state index < -0.39 is 6.67 Å². The molecule has 0 aliphatic carbocycles. The van der Waals surface area contributed by atoms with Crippen LogP contribution in [0, 0.1) is 5.92 Å². The van der Waals surface area contributed by atoms with Crippen LogP contribution in [-0.2, 0) is 0 Å². The summed E-state index contributed by atoms with van der Waals surface area (Å²) in [5, 5.41) is 0.611. The van der Waals surface area contributed by atoms with Crippen LogP contribution in [-0.4, -0.2) is 6.67 Å². The van der Waals surface area contributed by atoms with E-state index >= 15 is 0 Å². The van der Waals surface area contributed by atoms with Gasteiger partial charge in [0.1, 0.15) is 0 Å². The maximum atomic E-state index is 12.2.